The number of hydrogen-bond acceptors (Lipinski definition) is 4. The van der Waals surface area contributed by atoms with Crippen molar-refractivity contribution < 1.29 is 14.4 Å². The number of ketones is 1. The minimum Gasteiger partial charge on any atom is -0.292 e. The average Bonchev–Trinajstić information content (AvgIpc) is 2.85. The highest BCUT2D eigenvalue weighted by Crippen LogP contribution is 2.33. The maximum Gasteiger partial charge on any atom is 0.293 e. The first-order valence-electron chi connectivity index (χ1n) is 7.24. The molecule has 25 heavy (non-hydrogen) atoms. The molecule has 3 rings (SSSR count). The van der Waals surface area contributed by atoms with Gasteiger partial charge in [-0.3, -0.25) is 19.3 Å². The molecule has 126 valence electrons. The Bertz CT molecular complexity index is 895. The van der Waals surface area contributed by atoms with Gasteiger partial charge in [0.1, 0.15) is 0 Å². The quantitative estimate of drug-likeness (QED) is 0.499. The minimum atomic E-state index is -0.465. The maximum absolute atomic E-state index is 12.5. The third kappa shape index (κ3) is 4.03. The first-order chi connectivity index (χ1) is 12.0. The molecule has 0 spiro atoms. The van der Waals surface area contributed by atoms with Gasteiger partial charge in [0.2, 0.25) is 0 Å². The van der Waals surface area contributed by atoms with Crippen LogP contribution >= 0.6 is 39.3 Å². The number of imide groups is 1. The van der Waals surface area contributed by atoms with Crippen molar-refractivity contribution in [2.24, 2.45) is 0 Å². The van der Waals surface area contributed by atoms with Crippen LogP contribution < -0.4 is 0 Å². The monoisotopic (exact) mass is 435 g/mol. The summed E-state index contributed by atoms with van der Waals surface area (Å²) in [5.74, 6) is -0.783. The van der Waals surface area contributed by atoms with Crippen LogP contribution in [0.15, 0.2) is 57.9 Å². The van der Waals surface area contributed by atoms with Gasteiger partial charge in [-0.2, -0.15) is 0 Å². The van der Waals surface area contributed by atoms with Crippen molar-refractivity contribution in [3.8, 4) is 0 Å². The number of halogens is 2. The second-order valence-corrected chi connectivity index (χ2v) is 7.50. The molecule has 0 saturated carbocycles. The van der Waals surface area contributed by atoms with Gasteiger partial charge in [-0.1, -0.05) is 45.7 Å². The van der Waals surface area contributed by atoms with E-state index in [-0.39, 0.29) is 12.3 Å². The van der Waals surface area contributed by atoms with Crippen molar-refractivity contribution in [1.29, 1.82) is 0 Å². The molecule has 2 aromatic rings. The van der Waals surface area contributed by atoms with E-state index >= 15 is 0 Å². The van der Waals surface area contributed by atoms with E-state index in [1.54, 1.807) is 30.3 Å². The van der Waals surface area contributed by atoms with Crippen LogP contribution in [0.2, 0.25) is 5.02 Å². The van der Waals surface area contributed by atoms with Crippen LogP contribution in [0.4, 0.5) is 4.79 Å². The Kier molecular flexibility index (Phi) is 5.42. The molecule has 4 nitrogen and oxygen atoms in total. The summed E-state index contributed by atoms with van der Waals surface area (Å²) in [5.41, 5.74) is 1.19. The molecule has 2 aromatic carbocycles. The molecule has 0 atom stereocenters. The molecule has 1 aliphatic heterocycles. The van der Waals surface area contributed by atoms with Crippen molar-refractivity contribution in [3.05, 3.63) is 74.1 Å². The van der Waals surface area contributed by atoms with Crippen LogP contribution in [0.25, 0.3) is 6.08 Å². The largest absolute Gasteiger partial charge is 0.293 e. The molecule has 2 amide bonds. The Labute approximate surface area is 162 Å². The lowest BCUT2D eigenvalue weighted by molar-refractivity contribution is -0.122. The van der Waals surface area contributed by atoms with E-state index in [4.69, 9.17) is 11.6 Å². The van der Waals surface area contributed by atoms with E-state index < -0.39 is 11.1 Å². The van der Waals surface area contributed by atoms with Crippen LogP contribution in [-0.4, -0.2) is 28.4 Å². The molecule has 1 saturated heterocycles. The van der Waals surface area contributed by atoms with Gasteiger partial charge in [0, 0.05) is 15.1 Å². The smallest absolute Gasteiger partial charge is 0.292 e. The Morgan fingerprint density at radius 2 is 1.80 bits per heavy atom. The molecule has 0 N–H and O–H groups in total. The average molecular weight is 437 g/mol. The summed E-state index contributed by atoms with van der Waals surface area (Å²) in [6.45, 7) is -0.292. The summed E-state index contributed by atoms with van der Waals surface area (Å²) in [5, 5.41) is 0.0599. The molecule has 0 bridgehead atoms. The molecule has 1 heterocycles. The van der Waals surface area contributed by atoms with Gasteiger partial charge in [-0.15, -0.1) is 0 Å². The Balaban J connectivity index is 1.79. The van der Waals surface area contributed by atoms with Gasteiger partial charge >= 0.3 is 0 Å². The maximum atomic E-state index is 12.5. The Morgan fingerprint density at radius 1 is 1.12 bits per heavy atom. The number of carbonyl (C=O) groups is 3. The lowest BCUT2D eigenvalue weighted by Gasteiger charge is -2.11. The van der Waals surface area contributed by atoms with Crippen molar-refractivity contribution in [2.45, 2.75) is 0 Å². The fourth-order valence-electron chi connectivity index (χ4n) is 2.24. The van der Waals surface area contributed by atoms with Gasteiger partial charge in [0.05, 0.1) is 11.4 Å². The normalized spacial score (nSPS) is 15.9. The highest BCUT2D eigenvalue weighted by molar-refractivity contribution is 9.10. The number of carbonyl (C=O) groups excluding carboxylic acids is 3. The van der Waals surface area contributed by atoms with Crippen LogP contribution in [0, 0.1) is 0 Å². The summed E-state index contributed by atoms with van der Waals surface area (Å²) in [7, 11) is 0. The molecule has 0 aromatic heterocycles. The van der Waals surface area contributed by atoms with Crippen LogP contribution in [0.5, 0.6) is 0 Å². The fraction of sp³-hybridized carbons (Fsp3) is 0.0556. The fourth-order valence-corrected chi connectivity index (χ4v) is 3.59. The van der Waals surface area contributed by atoms with E-state index in [2.05, 4.69) is 15.9 Å². The molecule has 1 fully saturated rings. The Morgan fingerprint density at radius 3 is 2.48 bits per heavy atom. The third-order valence-electron chi connectivity index (χ3n) is 3.53. The zero-order valence-electron chi connectivity index (χ0n) is 12.7. The summed E-state index contributed by atoms with van der Waals surface area (Å²) >= 11 is 10.0. The van der Waals surface area contributed by atoms with Gasteiger partial charge < -0.3 is 0 Å². The van der Waals surface area contributed by atoms with Crippen molar-refractivity contribution in [2.75, 3.05) is 6.54 Å². The topological polar surface area (TPSA) is 54.5 Å². The summed E-state index contributed by atoms with van der Waals surface area (Å²) < 4.78 is 0.819. The summed E-state index contributed by atoms with van der Waals surface area (Å²) in [6.07, 6.45) is 1.64. The van der Waals surface area contributed by atoms with Crippen molar-refractivity contribution >= 4 is 62.3 Å². The second kappa shape index (κ2) is 7.56. The van der Waals surface area contributed by atoms with E-state index in [9.17, 15) is 14.4 Å². The van der Waals surface area contributed by atoms with Crippen molar-refractivity contribution in [3.63, 3.8) is 0 Å². The minimum absolute atomic E-state index is 0.292. The molecule has 7 heteroatoms. The van der Waals surface area contributed by atoms with E-state index in [0.717, 1.165) is 26.7 Å². The Hall–Kier alpha value is -1.89. The first-order valence-corrected chi connectivity index (χ1v) is 9.23. The highest BCUT2D eigenvalue weighted by Gasteiger charge is 2.36. The van der Waals surface area contributed by atoms with E-state index in [0.29, 0.717) is 15.5 Å². The molecule has 1 aliphatic rings. The molecular formula is C18H11BrClNO3S. The third-order valence-corrected chi connectivity index (χ3v) is 5.41. The molecule has 0 aliphatic carbocycles. The predicted octanol–water partition coefficient (Wildman–Crippen LogP) is 5.02. The first kappa shape index (κ1) is 17.9. The number of nitrogens with zero attached hydrogens (tertiary/aromatic N) is 1. The molecule has 0 unspecified atom stereocenters. The standard InChI is InChI=1S/C18H11BrClNO3S/c19-14-4-2-1-3-12(14)9-16-17(23)21(18(24)25-16)10-15(22)11-5-7-13(20)8-6-11/h1-9H,10H2/b16-9+. The predicted molar refractivity (Wildman–Crippen MR) is 103 cm³/mol. The van der Waals surface area contributed by atoms with Gasteiger partial charge in [0.15, 0.2) is 5.78 Å². The summed E-state index contributed by atoms with van der Waals surface area (Å²) in [4.78, 5) is 38.2. The van der Waals surface area contributed by atoms with Crippen molar-refractivity contribution in [1.82, 2.24) is 4.90 Å². The lowest BCUT2D eigenvalue weighted by Crippen LogP contribution is -2.33. The SMILES string of the molecule is O=C(CN1C(=O)S/C(=C/c2ccccc2Br)C1=O)c1ccc(Cl)cc1. The highest BCUT2D eigenvalue weighted by atomic mass is 79.9. The number of rotatable bonds is 4. The number of hydrogen-bond donors (Lipinski definition) is 0. The van der Waals surface area contributed by atoms with E-state index in [1.165, 1.54) is 0 Å². The van der Waals surface area contributed by atoms with Gasteiger partial charge in [-0.25, -0.2) is 0 Å². The zero-order chi connectivity index (χ0) is 18.0. The zero-order valence-corrected chi connectivity index (χ0v) is 15.9. The summed E-state index contributed by atoms with van der Waals surface area (Å²) in [6, 6.07) is 13.7. The number of Topliss-reactive ketones (excluding diaryl/α,β-unsaturated/α-hetero) is 1. The van der Waals surface area contributed by atoms with Gasteiger partial charge in [0.25, 0.3) is 11.1 Å². The number of thioether (sulfide) groups is 1. The van der Waals surface area contributed by atoms with Crippen LogP contribution in [0.3, 0.4) is 0 Å². The number of amides is 2. The van der Waals surface area contributed by atoms with Gasteiger partial charge in [-0.05, 0) is 53.7 Å². The molecule has 0 radical (unpaired) electrons. The lowest BCUT2D eigenvalue weighted by atomic mass is 10.1. The second-order valence-electron chi connectivity index (χ2n) is 5.22. The molecular weight excluding hydrogens is 426 g/mol. The van der Waals surface area contributed by atoms with E-state index in [1.807, 2.05) is 24.3 Å². The van der Waals surface area contributed by atoms with Crippen LogP contribution in [0.1, 0.15) is 15.9 Å². The number of benzene rings is 2. The van der Waals surface area contributed by atoms with Crippen LogP contribution in [-0.2, 0) is 4.79 Å².